The Bertz CT molecular complexity index is 986. The number of rotatable bonds is 5. The fourth-order valence-electron chi connectivity index (χ4n) is 3.50. The van der Waals surface area contributed by atoms with E-state index in [2.05, 4.69) is 9.97 Å². The molecule has 1 N–H and O–H groups in total. The minimum atomic E-state index is -0.811. The Hall–Kier alpha value is -2.93. The molecule has 0 radical (unpaired) electrons. The van der Waals surface area contributed by atoms with Crippen molar-refractivity contribution in [1.82, 2.24) is 14.9 Å². The van der Waals surface area contributed by atoms with Gasteiger partial charge < -0.3 is 19.2 Å². The number of oxazole rings is 1. The fraction of sp³-hybridized carbons (Fsp3) is 0.381. The zero-order chi connectivity index (χ0) is 19.6. The number of hydrogen-bond acceptors (Lipinski definition) is 6. The molecule has 146 valence electrons. The summed E-state index contributed by atoms with van der Waals surface area (Å²) < 4.78 is 11.1. The molecule has 3 heterocycles. The predicted octanol–water partition coefficient (Wildman–Crippen LogP) is 3.18. The number of amides is 1. The normalized spacial score (nSPS) is 19.7. The summed E-state index contributed by atoms with van der Waals surface area (Å²) in [7, 11) is 0. The van der Waals surface area contributed by atoms with Gasteiger partial charge in [-0.1, -0.05) is 13.0 Å². The lowest BCUT2D eigenvalue weighted by molar-refractivity contribution is -0.0271. The van der Waals surface area contributed by atoms with E-state index in [-0.39, 0.29) is 18.2 Å². The van der Waals surface area contributed by atoms with Gasteiger partial charge in [0.05, 0.1) is 11.1 Å². The van der Waals surface area contributed by atoms with Gasteiger partial charge in [0.2, 0.25) is 5.89 Å². The molecule has 1 atom stereocenters. The van der Waals surface area contributed by atoms with E-state index in [1.807, 2.05) is 37.3 Å². The molecule has 1 saturated heterocycles. The molecule has 7 nitrogen and oxygen atoms in total. The third-order valence-corrected chi connectivity index (χ3v) is 5.21. The summed E-state index contributed by atoms with van der Waals surface area (Å²) in [5.41, 5.74) is 0.322. The minimum Gasteiger partial charge on any atom is -0.484 e. The third kappa shape index (κ3) is 3.84. The van der Waals surface area contributed by atoms with Crippen molar-refractivity contribution in [2.24, 2.45) is 0 Å². The quantitative estimate of drug-likeness (QED) is 0.730. The van der Waals surface area contributed by atoms with Crippen LogP contribution < -0.4 is 4.74 Å². The van der Waals surface area contributed by atoms with Crippen LogP contribution in [0, 0.1) is 0 Å². The highest BCUT2D eigenvalue weighted by molar-refractivity contribution is 5.92. The summed E-state index contributed by atoms with van der Waals surface area (Å²) in [6.07, 6.45) is 5.21. The Morgan fingerprint density at radius 1 is 1.39 bits per heavy atom. The van der Waals surface area contributed by atoms with Gasteiger partial charge in [0.1, 0.15) is 12.0 Å². The van der Waals surface area contributed by atoms with Crippen LogP contribution in [0.4, 0.5) is 0 Å². The molecule has 3 aromatic rings. The minimum absolute atomic E-state index is 0.123. The first-order valence-electron chi connectivity index (χ1n) is 9.50. The van der Waals surface area contributed by atoms with Gasteiger partial charge in [0, 0.05) is 24.7 Å². The topological polar surface area (TPSA) is 88.7 Å². The highest BCUT2D eigenvalue weighted by atomic mass is 16.5. The van der Waals surface area contributed by atoms with E-state index in [4.69, 9.17) is 9.15 Å². The van der Waals surface area contributed by atoms with Crippen LogP contribution >= 0.6 is 0 Å². The van der Waals surface area contributed by atoms with Crippen LogP contribution in [0.5, 0.6) is 5.75 Å². The Balaban J connectivity index is 1.40. The summed E-state index contributed by atoms with van der Waals surface area (Å²) in [4.78, 5) is 22.9. The van der Waals surface area contributed by atoms with Gasteiger partial charge in [0.25, 0.3) is 5.91 Å². The van der Waals surface area contributed by atoms with E-state index in [1.54, 1.807) is 11.1 Å². The van der Waals surface area contributed by atoms with Crippen LogP contribution in [0.1, 0.15) is 42.6 Å². The molecule has 1 fully saturated rings. The van der Waals surface area contributed by atoms with Gasteiger partial charge in [-0.05, 0) is 43.5 Å². The number of carbonyl (C=O) groups excluding carboxylic acids is 1. The van der Waals surface area contributed by atoms with Gasteiger partial charge in [0.15, 0.2) is 12.3 Å². The number of fused-ring (bicyclic) bond motifs is 1. The molecule has 0 bridgehead atoms. The monoisotopic (exact) mass is 381 g/mol. The Morgan fingerprint density at radius 3 is 3.14 bits per heavy atom. The lowest BCUT2D eigenvalue weighted by Gasteiger charge is -2.38. The zero-order valence-corrected chi connectivity index (χ0v) is 15.8. The number of carbonyl (C=O) groups is 1. The number of benzene rings is 1. The summed E-state index contributed by atoms with van der Waals surface area (Å²) in [5, 5.41) is 11.5. The molecule has 0 aliphatic carbocycles. The highest BCUT2D eigenvalue weighted by Gasteiger charge is 2.34. The van der Waals surface area contributed by atoms with Crippen molar-refractivity contribution in [3.8, 4) is 5.75 Å². The molecule has 0 spiro atoms. The summed E-state index contributed by atoms with van der Waals surface area (Å²) in [5.74, 6) is 0.784. The van der Waals surface area contributed by atoms with Crippen molar-refractivity contribution >= 4 is 16.8 Å². The SMILES string of the molecule is CC[C@@]1(O)CCCN(C(=O)c2coc(COc3ccc4ncccc4c3)n2)C1. The van der Waals surface area contributed by atoms with Crippen molar-refractivity contribution < 1.29 is 19.1 Å². The first-order valence-corrected chi connectivity index (χ1v) is 9.50. The van der Waals surface area contributed by atoms with Crippen molar-refractivity contribution in [1.29, 1.82) is 0 Å². The number of aliphatic hydroxyl groups is 1. The van der Waals surface area contributed by atoms with E-state index in [9.17, 15) is 9.90 Å². The average Bonchev–Trinajstić information content (AvgIpc) is 3.20. The molecule has 1 aliphatic heterocycles. The Kier molecular flexibility index (Phi) is 5.00. The Labute approximate surface area is 163 Å². The lowest BCUT2D eigenvalue weighted by atomic mass is 9.90. The van der Waals surface area contributed by atoms with Crippen molar-refractivity contribution in [3.63, 3.8) is 0 Å². The van der Waals surface area contributed by atoms with Crippen LogP contribution in [-0.4, -0.2) is 44.6 Å². The second-order valence-electron chi connectivity index (χ2n) is 7.18. The van der Waals surface area contributed by atoms with Crippen molar-refractivity contribution in [3.05, 3.63) is 54.4 Å². The molecular formula is C21H23N3O4. The molecular weight excluding hydrogens is 358 g/mol. The number of aromatic nitrogens is 2. The number of hydrogen-bond donors (Lipinski definition) is 1. The second-order valence-corrected chi connectivity index (χ2v) is 7.18. The number of β-amino-alcohol motifs (C(OH)–C–C–N with tert-alkyl or cyclic N) is 1. The first-order chi connectivity index (χ1) is 13.6. The molecule has 1 aliphatic rings. The molecule has 4 rings (SSSR count). The zero-order valence-electron chi connectivity index (χ0n) is 15.8. The standard InChI is InChI=1S/C21H23N3O4/c1-2-21(26)8-4-10-24(14-21)20(25)18-12-28-19(23-18)13-27-16-6-7-17-15(11-16)5-3-9-22-17/h3,5-7,9,11-12,26H,2,4,8,10,13-14H2,1H3/t21-/m1/s1. The van der Waals surface area contributed by atoms with E-state index in [0.29, 0.717) is 37.6 Å². The van der Waals surface area contributed by atoms with Crippen molar-refractivity contribution in [2.75, 3.05) is 13.1 Å². The van der Waals surface area contributed by atoms with Gasteiger partial charge in [-0.25, -0.2) is 4.98 Å². The van der Waals surface area contributed by atoms with E-state index in [0.717, 1.165) is 17.3 Å². The van der Waals surface area contributed by atoms with Crippen molar-refractivity contribution in [2.45, 2.75) is 38.4 Å². The first kappa shape index (κ1) is 18.4. The molecule has 1 aromatic carbocycles. The molecule has 7 heteroatoms. The molecule has 2 aromatic heterocycles. The van der Waals surface area contributed by atoms with Gasteiger partial charge >= 0.3 is 0 Å². The lowest BCUT2D eigenvalue weighted by Crippen LogP contribution is -2.50. The van der Waals surface area contributed by atoms with E-state index >= 15 is 0 Å². The maximum Gasteiger partial charge on any atom is 0.275 e. The predicted molar refractivity (Wildman–Crippen MR) is 103 cm³/mol. The smallest absolute Gasteiger partial charge is 0.275 e. The van der Waals surface area contributed by atoms with Gasteiger partial charge in [-0.3, -0.25) is 9.78 Å². The van der Waals surface area contributed by atoms with E-state index in [1.165, 1.54) is 6.26 Å². The van der Waals surface area contributed by atoms with Crippen LogP contribution in [0.3, 0.4) is 0 Å². The molecule has 0 unspecified atom stereocenters. The van der Waals surface area contributed by atoms with Crippen LogP contribution in [0.2, 0.25) is 0 Å². The fourth-order valence-corrected chi connectivity index (χ4v) is 3.50. The number of pyridine rings is 1. The number of nitrogens with zero attached hydrogens (tertiary/aromatic N) is 3. The van der Waals surface area contributed by atoms with E-state index < -0.39 is 5.60 Å². The number of piperidine rings is 1. The second kappa shape index (κ2) is 7.59. The van der Waals surface area contributed by atoms with Crippen LogP contribution in [0.25, 0.3) is 10.9 Å². The maximum absolute atomic E-state index is 12.7. The summed E-state index contributed by atoms with van der Waals surface area (Å²) >= 11 is 0. The Morgan fingerprint density at radius 2 is 2.29 bits per heavy atom. The van der Waals surface area contributed by atoms with Crippen LogP contribution in [0.15, 0.2) is 47.2 Å². The number of likely N-dealkylation sites (tertiary alicyclic amines) is 1. The van der Waals surface area contributed by atoms with Gasteiger partial charge in [-0.2, -0.15) is 0 Å². The summed E-state index contributed by atoms with van der Waals surface area (Å²) in [6.45, 7) is 3.00. The summed E-state index contributed by atoms with van der Waals surface area (Å²) in [6, 6.07) is 9.46. The van der Waals surface area contributed by atoms with Crippen LogP contribution in [-0.2, 0) is 6.61 Å². The average molecular weight is 381 g/mol. The largest absolute Gasteiger partial charge is 0.484 e. The van der Waals surface area contributed by atoms with Gasteiger partial charge in [-0.15, -0.1) is 0 Å². The molecule has 0 saturated carbocycles. The molecule has 28 heavy (non-hydrogen) atoms. The third-order valence-electron chi connectivity index (χ3n) is 5.21. The maximum atomic E-state index is 12.7. The highest BCUT2D eigenvalue weighted by Crippen LogP contribution is 2.25. The molecule has 1 amide bonds. The number of ether oxygens (including phenoxy) is 1.